The van der Waals surface area contributed by atoms with Crippen LogP contribution in [0.5, 0.6) is 11.5 Å². The Labute approximate surface area is 165 Å². The maximum Gasteiger partial charge on any atom is 0.196 e. The van der Waals surface area contributed by atoms with E-state index in [-0.39, 0.29) is 5.71 Å². The molecule has 136 valence electrons. The molecule has 2 aromatic carbocycles. The van der Waals surface area contributed by atoms with Crippen molar-refractivity contribution in [2.45, 2.75) is 0 Å². The summed E-state index contributed by atoms with van der Waals surface area (Å²) in [5.74, 6) is 1.25. The summed E-state index contributed by atoms with van der Waals surface area (Å²) in [6, 6.07) is 14.7. The Morgan fingerprint density at radius 3 is 2.70 bits per heavy atom. The number of nitrogens with one attached hydrogen (secondary N) is 1. The largest absolute Gasteiger partial charge is 0.493 e. The Morgan fingerprint density at radius 1 is 1.19 bits per heavy atom. The molecular weight excluding hydrogens is 384 g/mol. The van der Waals surface area contributed by atoms with Crippen LogP contribution in [0.4, 0.5) is 5.69 Å². The maximum atomic E-state index is 9.43. The van der Waals surface area contributed by atoms with E-state index in [1.165, 1.54) is 11.3 Å². The number of nitrogens with zero attached hydrogens (tertiary/aromatic N) is 3. The predicted molar refractivity (Wildman–Crippen MR) is 108 cm³/mol. The number of nitriles is 1. The molecule has 0 saturated carbocycles. The van der Waals surface area contributed by atoms with Gasteiger partial charge in [-0.05, 0) is 36.4 Å². The first-order chi connectivity index (χ1) is 13.1. The number of hydrogen-bond acceptors (Lipinski definition) is 7. The van der Waals surface area contributed by atoms with Crippen LogP contribution in [0.25, 0.3) is 11.3 Å². The lowest BCUT2D eigenvalue weighted by molar-refractivity contribution is 0.355. The van der Waals surface area contributed by atoms with Gasteiger partial charge < -0.3 is 9.47 Å². The first-order valence-corrected chi connectivity index (χ1v) is 9.08. The number of methoxy groups -OCH3 is 2. The normalized spacial score (nSPS) is 11.0. The molecule has 0 fully saturated rings. The van der Waals surface area contributed by atoms with Crippen molar-refractivity contribution in [2.24, 2.45) is 5.10 Å². The van der Waals surface area contributed by atoms with Crippen molar-refractivity contribution in [2.75, 3.05) is 19.6 Å². The first-order valence-electron chi connectivity index (χ1n) is 7.82. The molecule has 1 aromatic heterocycles. The minimum absolute atomic E-state index is 0.187. The number of ether oxygens (including phenoxy) is 2. The van der Waals surface area contributed by atoms with Crippen molar-refractivity contribution in [1.82, 2.24) is 4.98 Å². The fourth-order valence-electron chi connectivity index (χ4n) is 2.31. The molecule has 1 heterocycles. The summed E-state index contributed by atoms with van der Waals surface area (Å²) in [5.41, 5.74) is 5.28. The van der Waals surface area contributed by atoms with E-state index in [2.05, 4.69) is 21.6 Å². The van der Waals surface area contributed by atoms with Crippen LogP contribution >= 0.6 is 22.9 Å². The van der Waals surface area contributed by atoms with Gasteiger partial charge in [0.05, 0.1) is 25.6 Å². The van der Waals surface area contributed by atoms with E-state index in [0.717, 1.165) is 11.3 Å². The third kappa shape index (κ3) is 4.37. The molecule has 0 radical (unpaired) electrons. The SMILES string of the molecule is COc1ccc(-c2csc(/C(C#N)=N\Nc3cccc(Cl)c3)n2)cc1OC. The monoisotopic (exact) mass is 398 g/mol. The van der Waals surface area contributed by atoms with Crippen LogP contribution in [-0.4, -0.2) is 24.9 Å². The number of thiazole rings is 1. The zero-order valence-corrected chi connectivity index (χ0v) is 16.1. The van der Waals surface area contributed by atoms with Crippen molar-refractivity contribution in [1.29, 1.82) is 5.26 Å². The Bertz CT molecular complexity index is 1030. The molecule has 3 rings (SSSR count). The second kappa shape index (κ2) is 8.54. The highest BCUT2D eigenvalue weighted by molar-refractivity contribution is 7.12. The summed E-state index contributed by atoms with van der Waals surface area (Å²) in [7, 11) is 3.16. The van der Waals surface area contributed by atoms with Crippen molar-refractivity contribution in [3.8, 4) is 28.8 Å². The summed E-state index contributed by atoms with van der Waals surface area (Å²) < 4.78 is 10.6. The van der Waals surface area contributed by atoms with Crippen molar-refractivity contribution >= 4 is 34.3 Å². The second-order valence-electron chi connectivity index (χ2n) is 5.30. The van der Waals surface area contributed by atoms with Crippen molar-refractivity contribution in [3.05, 3.63) is 57.9 Å². The van der Waals surface area contributed by atoms with Crippen LogP contribution in [0, 0.1) is 11.3 Å². The molecule has 0 unspecified atom stereocenters. The average molecular weight is 399 g/mol. The summed E-state index contributed by atoms with van der Waals surface area (Å²) >= 11 is 7.28. The van der Waals surface area contributed by atoms with Gasteiger partial charge in [-0.1, -0.05) is 17.7 Å². The van der Waals surface area contributed by atoms with Gasteiger partial charge in [0.15, 0.2) is 22.2 Å². The van der Waals surface area contributed by atoms with Gasteiger partial charge in [-0.2, -0.15) is 10.4 Å². The predicted octanol–water partition coefficient (Wildman–Crippen LogP) is 4.82. The Morgan fingerprint density at radius 2 is 2.00 bits per heavy atom. The van der Waals surface area contributed by atoms with Crippen LogP contribution in [-0.2, 0) is 0 Å². The van der Waals surface area contributed by atoms with E-state index >= 15 is 0 Å². The molecule has 27 heavy (non-hydrogen) atoms. The van der Waals surface area contributed by atoms with E-state index in [1.54, 1.807) is 38.5 Å². The van der Waals surface area contributed by atoms with E-state index in [4.69, 9.17) is 21.1 Å². The summed E-state index contributed by atoms with van der Waals surface area (Å²) in [5, 5.41) is 16.5. The highest BCUT2D eigenvalue weighted by atomic mass is 35.5. The summed E-state index contributed by atoms with van der Waals surface area (Å²) in [6.45, 7) is 0. The van der Waals surface area contributed by atoms with Crippen LogP contribution in [0.2, 0.25) is 5.02 Å². The van der Waals surface area contributed by atoms with Crippen LogP contribution in [0.3, 0.4) is 0 Å². The highest BCUT2D eigenvalue weighted by Gasteiger charge is 2.12. The van der Waals surface area contributed by atoms with Crippen molar-refractivity contribution < 1.29 is 9.47 Å². The number of benzene rings is 2. The van der Waals surface area contributed by atoms with Crippen LogP contribution in [0.1, 0.15) is 5.01 Å². The number of halogens is 1. The number of hydrogen-bond donors (Lipinski definition) is 1. The maximum absolute atomic E-state index is 9.43. The molecule has 3 aromatic rings. The molecule has 0 aliphatic carbocycles. The van der Waals surface area contributed by atoms with E-state index < -0.39 is 0 Å². The molecule has 0 amide bonds. The molecule has 0 aliphatic heterocycles. The Kier molecular flexibility index (Phi) is 5.91. The van der Waals surface area contributed by atoms with Gasteiger partial charge in [-0.3, -0.25) is 5.43 Å². The van der Waals surface area contributed by atoms with Gasteiger partial charge in [-0.25, -0.2) is 4.98 Å². The minimum atomic E-state index is 0.187. The number of hydrazone groups is 1. The fraction of sp³-hybridized carbons (Fsp3) is 0.105. The van der Waals surface area contributed by atoms with E-state index in [9.17, 15) is 5.26 Å². The lowest BCUT2D eigenvalue weighted by Crippen LogP contribution is -2.01. The average Bonchev–Trinajstić information content (AvgIpc) is 3.18. The summed E-state index contributed by atoms with van der Waals surface area (Å²) in [4.78, 5) is 4.52. The van der Waals surface area contributed by atoms with Gasteiger partial charge >= 0.3 is 0 Å². The molecule has 0 bridgehead atoms. The third-order valence-electron chi connectivity index (χ3n) is 3.61. The quantitative estimate of drug-likeness (QED) is 0.475. The van der Waals surface area contributed by atoms with Crippen molar-refractivity contribution in [3.63, 3.8) is 0 Å². The van der Waals surface area contributed by atoms with E-state index in [0.29, 0.717) is 27.2 Å². The van der Waals surface area contributed by atoms with Gasteiger partial charge in [0, 0.05) is 16.0 Å². The molecule has 0 aliphatic rings. The fourth-order valence-corrected chi connectivity index (χ4v) is 3.27. The molecular formula is C19H15ClN4O2S. The Balaban J connectivity index is 1.85. The molecule has 8 heteroatoms. The van der Waals surface area contributed by atoms with Gasteiger partial charge in [0.1, 0.15) is 6.07 Å². The highest BCUT2D eigenvalue weighted by Crippen LogP contribution is 2.32. The molecule has 0 saturated heterocycles. The second-order valence-corrected chi connectivity index (χ2v) is 6.60. The zero-order valence-electron chi connectivity index (χ0n) is 14.6. The van der Waals surface area contributed by atoms with Gasteiger partial charge in [-0.15, -0.1) is 11.3 Å². The zero-order chi connectivity index (χ0) is 19.2. The standard InChI is InChI=1S/C19H15ClN4O2S/c1-25-17-7-6-12(8-18(17)26-2)16-11-27-19(22-16)15(10-21)24-23-14-5-3-4-13(20)9-14/h3-9,11,23H,1-2H3/b24-15-. The van der Waals surface area contributed by atoms with E-state index in [1.807, 2.05) is 23.6 Å². The minimum Gasteiger partial charge on any atom is -0.493 e. The van der Waals surface area contributed by atoms with Crippen LogP contribution < -0.4 is 14.9 Å². The lowest BCUT2D eigenvalue weighted by atomic mass is 10.1. The third-order valence-corrected chi connectivity index (χ3v) is 4.70. The molecule has 0 atom stereocenters. The smallest absolute Gasteiger partial charge is 0.196 e. The molecule has 6 nitrogen and oxygen atoms in total. The topological polar surface area (TPSA) is 79.5 Å². The lowest BCUT2D eigenvalue weighted by Gasteiger charge is -2.08. The van der Waals surface area contributed by atoms with Gasteiger partial charge in [0.25, 0.3) is 0 Å². The first kappa shape index (κ1) is 18.7. The molecule has 1 N–H and O–H groups in total. The summed E-state index contributed by atoms with van der Waals surface area (Å²) in [6.07, 6.45) is 0. The van der Waals surface area contributed by atoms with Gasteiger partial charge in [0.2, 0.25) is 0 Å². The number of anilines is 1. The van der Waals surface area contributed by atoms with Crippen LogP contribution in [0.15, 0.2) is 52.9 Å². The molecule has 0 spiro atoms. The number of aromatic nitrogens is 1. The Hall–Kier alpha value is -3.08. The number of rotatable bonds is 6.